The van der Waals surface area contributed by atoms with Crippen LogP contribution in [0, 0.1) is 0 Å². The Morgan fingerprint density at radius 1 is 0.762 bits per heavy atom. The topological polar surface area (TPSA) is 65.1 Å². The van der Waals surface area contributed by atoms with Gasteiger partial charge in [0.1, 0.15) is 17.1 Å². The van der Waals surface area contributed by atoms with E-state index in [9.17, 15) is 9.59 Å². The molecule has 42 heavy (non-hydrogen) atoms. The van der Waals surface area contributed by atoms with Crippen molar-refractivity contribution >= 4 is 23.8 Å². The molecule has 0 spiro atoms. The number of hydrogen-bond acceptors (Lipinski definition) is 6. The first kappa shape index (κ1) is 30.7. The molecule has 4 aromatic rings. The van der Waals surface area contributed by atoms with Gasteiger partial charge < -0.3 is 19.1 Å². The molecule has 0 unspecified atom stereocenters. The summed E-state index contributed by atoms with van der Waals surface area (Å²) in [5.74, 6) is 1.00. The molecule has 0 saturated carbocycles. The van der Waals surface area contributed by atoms with Crippen LogP contribution in [0.3, 0.4) is 0 Å². The van der Waals surface area contributed by atoms with Crippen LogP contribution < -0.4 is 4.74 Å². The van der Waals surface area contributed by atoms with Gasteiger partial charge in [0.2, 0.25) is 0 Å². The van der Waals surface area contributed by atoms with Crippen LogP contribution in [0.25, 0.3) is 0 Å². The molecule has 218 valence electrons. The van der Waals surface area contributed by atoms with E-state index >= 15 is 0 Å². The smallest absolute Gasteiger partial charge is 0.410 e. The highest BCUT2D eigenvalue weighted by Crippen LogP contribution is 2.32. The number of rotatable bonds is 11. The van der Waals surface area contributed by atoms with Crippen molar-refractivity contribution in [2.75, 3.05) is 13.2 Å². The molecule has 0 aliphatic rings. The number of amides is 1. The quantitative estimate of drug-likeness (QED) is 0.164. The second kappa shape index (κ2) is 14.6. The largest absolute Gasteiger partial charge is 0.462 e. The van der Waals surface area contributed by atoms with Crippen LogP contribution in [0.4, 0.5) is 4.79 Å². The van der Waals surface area contributed by atoms with Crippen molar-refractivity contribution in [2.24, 2.45) is 0 Å². The van der Waals surface area contributed by atoms with Gasteiger partial charge in [0.15, 0.2) is 0 Å². The summed E-state index contributed by atoms with van der Waals surface area (Å²) in [4.78, 5) is 28.7. The van der Waals surface area contributed by atoms with Gasteiger partial charge >= 0.3 is 12.1 Å². The number of ether oxygens (including phenoxy) is 3. The van der Waals surface area contributed by atoms with E-state index in [2.05, 4.69) is 24.3 Å². The summed E-state index contributed by atoms with van der Waals surface area (Å²) < 4.78 is 16.7. The summed E-state index contributed by atoms with van der Waals surface area (Å²) in [5.41, 5.74) is 2.15. The van der Waals surface area contributed by atoms with Gasteiger partial charge in [0, 0.05) is 22.9 Å². The molecule has 0 aliphatic carbocycles. The highest BCUT2D eigenvalue weighted by molar-refractivity contribution is 7.99. The molecular formula is C35H37NO5S. The number of nitrogens with zero attached hydrogens (tertiary/aromatic N) is 1. The number of benzene rings is 4. The van der Waals surface area contributed by atoms with Crippen LogP contribution in [0.5, 0.6) is 11.5 Å². The summed E-state index contributed by atoms with van der Waals surface area (Å²) in [7, 11) is 0. The Bertz CT molecular complexity index is 1450. The van der Waals surface area contributed by atoms with Crippen LogP contribution in [-0.4, -0.2) is 35.7 Å². The van der Waals surface area contributed by atoms with Crippen LogP contribution in [-0.2, 0) is 22.4 Å². The zero-order valence-corrected chi connectivity index (χ0v) is 25.4. The Hall–Kier alpha value is -4.23. The third kappa shape index (κ3) is 9.70. The van der Waals surface area contributed by atoms with E-state index in [1.807, 2.05) is 75.4 Å². The average Bonchev–Trinajstić information content (AvgIpc) is 2.96. The third-order valence-electron chi connectivity index (χ3n) is 6.10. The first-order valence-corrected chi connectivity index (χ1v) is 14.8. The fourth-order valence-corrected chi connectivity index (χ4v) is 4.97. The van der Waals surface area contributed by atoms with E-state index in [1.165, 1.54) is 0 Å². The Balaban J connectivity index is 1.35. The van der Waals surface area contributed by atoms with Crippen molar-refractivity contribution < 1.29 is 23.8 Å². The van der Waals surface area contributed by atoms with Crippen molar-refractivity contribution in [1.82, 2.24) is 4.90 Å². The minimum absolute atomic E-state index is 0.310. The fraction of sp³-hybridized carbons (Fsp3) is 0.257. The molecule has 0 atom stereocenters. The molecule has 0 heterocycles. The number of esters is 1. The molecule has 0 bridgehead atoms. The van der Waals surface area contributed by atoms with E-state index in [1.54, 1.807) is 47.9 Å². The molecule has 0 N–H and O–H groups in total. The van der Waals surface area contributed by atoms with E-state index < -0.39 is 5.60 Å². The zero-order valence-electron chi connectivity index (χ0n) is 24.5. The highest BCUT2D eigenvalue weighted by atomic mass is 32.2. The Kier molecular flexibility index (Phi) is 10.7. The van der Waals surface area contributed by atoms with Crippen molar-refractivity contribution in [3.8, 4) is 11.5 Å². The summed E-state index contributed by atoms with van der Waals surface area (Å²) >= 11 is 1.64. The average molecular weight is 584 g/mol. The Morgan fingerprint density at radius 2 is 1.48 bits per heavy atom. The number of carbonyl (C=O) groups excluding carboxylic acids is 2. The molecule has 4 aromatic carbocycles. The lowest BCUT2D eigenvalue weighted by atomic mass is 10.1. The molecule has 0 saturated heterocycles. The monoisotopic (exact) mass is 583 g/mol. The summed E-state index contributed by atoms with van der Waals surface area (Å²) in [6.45, 7) is 8.82. The highest BCUT2D eigenvalue weighted by Gasteiger charge is 2.22. The van der Waals surface area contributed by atoms with Crippen molar-refractivity contribution in [3.05, 3.63) is 120 Å². The SMILES string of the molecule is CCOC(=O)c1ccc(Oc2cccc(Sc3ccc(CCN(Cc4ccccc4)C(=O)OC(C)(C)C)cc3)c2)cc1. The second-order valence-corrected chi connectivity index (χ2v) is 11.9. The van der Waals surface area contributed by atoms with Crippen molar-refractivity contribution in [1.29, 1.82) is 0 Å². The summed E-state index contributed by atoms with van der Waals surface area (Å²) in [6.07, 6.45) is 0.408. The minimum atomic E-state index is -0.554. The molecule has 0 aliphatic heterocycles. The lowest BCUT2D eigenvalue weighted by Gasteiger charge is -2.27. The van der Waals surface area contributed by atoms with Gasteiger partial charge in [0.05, 0.1) is 12.2 Å². The maximum Gasteiger partial charge on any atom is 0.410 e. The summed E-state index contributed by atoms with van der Waals surface area (Å²) in [6, 6.07) is 33.1. The standard InChI is InChI=1S/C35H37NO5S/c1-5-39-33(37)28-16-18-29(19-17-28)40-30-12-9-13-32(24-30)42-31-20-14-26(15-21-31)22-23-36(34(38)41-35(2,3)4)25-27-10-7-6-8-11-27/h6-21,24H,5,22-23,25H2,1-4H3. The molecule has 0 aromatic heterocycles. The molecule has 1 amide bonds. The molecular weight excluding hydrogens is 546 g/mol. The van der Waals surface area contributed by atoms with Gasteiger partial charge in [-0.2, -0.15) is 0 Å². The van der Waals surface area contributed by atoms with Gasteiger partial charge in [0.25, 0.3) is 0 Å². The molecule has 4 rings (SSSR count). The number of carbonyl (C=O) groups is 2. The van der Waals surface area contributed by atoms with E-state index in [-0.39, 0.29) is 12.1 Å². The van der Waals surface area contributed by atoms with E-state index in [4.69, 9.17) is 14.2 Å². The van der Waals surface area contributed by atoms with Gasteiger partial charge in [-0.05, 0) is 99.8 Å². The van der Waals surface area contributed by atoms with Gasteiger partial charge in [-0.3, -0.25) is 0 Å². The first-order valence-electron chi connectivity index (χ1n) is 14.0. The molecule has 6 nitrogen and oxygen atoms in total. The van der Waals surface area contributed by atoms with Crippen LogP contribution in [0.1, 0.15) is 49.2 Å². The summed E-state index contributed by atoms with van der Waals surface area (Å²) in [5, 5.41) is 0. The van der Waals surface area contributed by atoms with Crippen LogP contribution in [0.2, 0.25) is 0 Å². The second-order valence-electron chi connectivity index (χ2n) is 10.7. The van der Waals surface area contributed by atoms with Gasteiger partial charge in [-0.15, -0.1) is 0 Å². The molecule has 0 fully saturated rings. The van der Waals surface area contributed by atoms with Crippen molar-refractivity contribution in [2.45, 2.75) is 56.1 Å². The molecule has 0 radical (unpaired) electrons. The predicted octanol–water partition coefficient (Wildman–Crippen LogP) is 8.79. The van der Waals surface area contributed by atoms with Crippen molar-refractivity contribution in [3.63, 3.8) is 0 Å². The third-order valence-corrected chi connectivity index (χ3v) is 7.10. The lowest BCUT2D eigenvalue weighted by Crippen LogP contribution is -2.37. The number of hydrogen-bond donors (Lipinski definition) is 0. The zero-order chi connectivity index (χ0) is 30.0. The lowest BCUT2D eigenvalue weighted by molar-refractivity contribution is 0.0235. The predicted molar refractivity (Wildman–Crippen MR) is 166 cm³/mol. The Labute approximate surface area is 252 Å². The van der Waals surface area contributed by atoms with Crippen LogP contribution >= 0.6 is 11.8 Å². The first-order chi connectivity index (χ1) is 20.2. The van der Waals surface area contributed by atoms with Crippen LogP contribution in [0.15, 0.2) is 113 Å². The van der Waals surface area contributed by atoms with E-state index in [0.717, 1.165) is 27.3 Å². The van der Waals surface area contributed by atoms with Gasteiger partial charge in [-0.1, -0.05) is 60.3 Å². The molecule has 7 heteroatoms. The maximum absolute atomic E-state index is 12.9. The normalized spacial score (nSPS) is 11.0. The Morgan fingerprint density at radius 3 is 2.14 bits per heavy atom. The fourth-order valence-electron chi connectivity index (χ4n) is 4.10. The minimum Gasteiger partial charge on any atom is -0.462 e. The maximum atomic E-state index is 12.9. The van der Waals surface area contributed by atoms with E-state index in [0.29, 0.717) is 36.8 Å². The van der Waals surface area contributed by atoms with Gasteiger partial charge in [-0.25, -0.2) is 9.59 Å².